The van der Waals surface area contributed by atoms with E-state index in [9.17, 15) is 0 Å². The lowest BCUT2D eigenvalue weighted by Gasteiger charge is -2.35. The van der Waals surface area contributed by atoms with Crippen molar-refractivity contribution in [1.29, 1.82) is 0 Å². The smallest absolute Gasteiger partial charge is 0.191 e. The van der Waals surface area contributed by atoms with Crippen LogP contribution in [0.4, 0.5) is 0 Å². The highest BCUT2D eigenvalue weighted by molar-refractivity contribution is 5.78. The van der Waals surface area contributed by atoms with Gasteiger partial charge in [-0.05, 0) is 12.0 Å². The Labute approximate surface area is 108 Å². The minimum Gasteiger partial charge on any atom is -0.377 e. The molecule has 0 aliphatic carbocycles. The first-order valence-corrected chi connectivity index (χ1v) is 6.49. The van der Waals surface area contributed by atoms with Crippen LogP contribution in [-0.4, -0.2) is 36.7 Å². The summed E-state index contributed by atoms with van der Waals surface area (Å²) in [4.78, 5) is 6.64. The van der Waals surface area contributed by atoms with Crippen molar-refractivity contribution in [2.45, 2.75) is 25.9 Å². The Bertz CT molecular complexity index is 391. The van der Waals surface area contributed by atoms with Crippen molar-refractivity contribution in [3.63, 3.8) is 0 Å². The van der Waals surface area contributed by atoms with Gasteiger partial charge in [-0.3, -0.25) is 0 Å². The third-order valence-electron chi connectivity index (χ3n) is 3.26. The van der Waals surface area contributed by atoms with E-state index in [1.54, 1.807) is 0 Å². The van der Waals surface area contributed by atoms with Crippen molar-refractivity contribution >= 4 is 5.96 Å². The molecule has 2 N–H and O–H groups in total. The Hall–Kier alpha value is -1.55. The minimum absolute atomic E-state index is 0.360. The van der Waals surface area contributed by atoms with Gasteiger partial charge in [-0.2, -0.15) is 0 Å². The van der Waals surface area contributed by atoms with Crippen LogP contribution in [0, 0.1) is 0 Å². The molecule has 18 heavy (non-hydrogen) atoms. The zero-order valence-corrected chi connectivity index (χ0v) is 10.9. The van der Waals surface area contributed by atoms with E-state index in [4.69, 9.17) is 10.5 Å². The second kappa shape index (κ2) is 6.40. The molecule has 1 aromatic carbocycles. The van der Waals surface area contributed by atoms with Crippen molar-refractivity contribution in [1.82, 2.24) is 4.90 Å². The molecule has 1 heterocycles. The minimum atomic E-state index is 0.360. The van der Waals surface area contributed by atoms with E-state index in [1.165, 1.54) is 5.56 Å². The maximum absolute atomic E-state index is 6.08. The lowest BCUT2D eigenvalue weighted by Crippen LogP contribution is -2.51. The zero-order valence-electron chi connectivity index (χ0n) is 10.9. The number of hydrogen-bond acceptors (Lipinski definition) is 2. The summed E-state index contributed by atoms with van der Waals surface area (Å²) in [5.41, 5.74) is 7.26. The number of nitrogens with two attached hydrogens (primary N) is 1. The van der Waals surface area contributed by atoms with Crippen LogP contribution in [0.5, 0.6) is 0 Å². The number of morpholine rings is 1. The van der Waals surface area contributed by atoms with Gasteiger partial charge in [0.1, 0.15) is 0 Å². The Balaban J connectivity index is 1.98. The molecule has 1 aromatic rings. The van der Waals surface area contributed by atoms with Gasteiger partial charge >= 0.3 is 0 Å². The molecule has 1 atom stereocenters. The normalized spacial score (nSPS) is 21.1. The van der Waals surface area contributed by atoms with Gasteiger partial charge < -0.3 is 15.4 Å². The van der Waals surface area contributed by atoms with Crippen molar-refractivity contribution in [2.75, 3.05) is 19.8 Å². The first kappa shape index (κ1) is 12.9. The number of aliphatic imine (C=N–C) groups is 1. The van der Waals surface area contributed by atoms with E-state index in [-0.39, 0.29) is 0 Å². The van der Waals surface area contributed by atoms with E-state index in [0.717, 1.165) is 26.2 Å². The molecule has 0 aromatic heterocycles. The summed E-state index contributed by atoms with van der Waals surface area (Å²) in [5, 5.41) is 0. The fourth-order valence-corrected chi connectivity index (χ4v) is 2.14. The molecule has 0 radical (unpaired) electrons. The average Bonchev–Trinajstić information content (AvgIpc) is 2.45. The Kier molecular flexibility index (Phi) is 4.59. The van der Waals surface area contributed by atoms with Crippen molar-refractivity contribution in [3.8, 4) is 0 Å². The van der Waals surface area contributed by atoms with Gasteiger partial charge in [0.15, 0.2) is 5.96 Å². The van der Waals surface area contributed by atoms with Crippen LogP contribution in [0.1, 0.15) is 18.9 Å². The number of hydrogen-bond donors (Lipinski definition) is 1. The van der Waals surface area contributed by atoms with Gasteiger partial charge in [0.05, 0.1) is 25.8 Å². The Morgan fingerprint density at radius 3 is 2.94 bits per heavy atom. The maximum Gasteiger partial charge on any atom is 0.191 e. The largest absolute Gasteiger partial charge is 0.377 e. The molecule has 1 saturated heterocycles. The lowest BCUT2D eigenvalue weighted by atomic mass is 10.2. The number of nitrogens with zero attached hydrogens (tertiary/aromatic N) is 2. The molecule has 4 nitrogen and oxygen atoms in total. The summed E-state index contributed by atoms with van der Waals surface area (Å²) in [6, 6.07) is 10.5. The van der Waals surface area contributed by atoms with Crippen LogP contribution in [0.25, 0.3) is 0 Å². The van der Waals surface area contributed by atoms with E-state index in [2.05, 4.69) is 28.9 Å². The fraction of sp³-hybridized carbons (Fsp3) is 0.500. The van der Waals surface area contributed by atoms with E-state index >= 15 is 0 Å². The number of ether oxygens (including phenoxy) is 1. The summed E-state index contributed by atoms with van der Waals surface area (Å²) in [6.45, 7) is 5.11. The summed E-state index contributed by atoms with van der Waals surface area (Å²) in [5.74, 6) is 0.633. The predicted molar refractivity (Wildman–Crippen MR) is 73.4 cm³/mol. The third kappa shape index (κ3) is 3.23. The number of benzene rings is 1. The molecule has 0 spiro atoms. The molecule has 1 unspecified atom stereocenters. The molecule has 0 bridgehead atoms. The van der Waals surface area contributed by atoms with Gasteiger partial charge in [-0.1, -0.05) is 37.3 Å². The van der Waals surface area contributed by atoms with Gasteiger partial charge in [0.2, 0.25) is 0 Å². The van der Waals surface area contributed by atoms with Crippen molar-refractivity contribution in [2.24, 2.45) is 10.7 Å². The maximum atomic E-state index is 6.08. The summed E-state index contributed by atoms with van der Waals surface area (Å²) >= 11 is 0. The topological polar surface area (TPSA) is 50.9 Å². The standard InChI is InChI=1S/C14H21N3O/c1-2-13-11-18-9-8-17(13)14(15)16-10-12-6-4-3-5-7-12/h3-7,13H,2,8-11H2,1H3,(H2,15,16). The molecule has 4 heteroatoms. The van der Waals surface area contributed by atoms with E-state index in [1.807, 2.05) is 18.2 Å². The van der Waals surface area contributed by atoms with Gasteiger partial charge in [0.25, 0.3) is 0 Å². The first-order chi connectivity index (χ1) is 8.81. The average molecular weight is 247 g/mol. The predicted octanol–water partition coefficient (Wildman–Crippen LogP) is 1.61. The highest BCUT2D eigenvalue weighted by Crippen LogP contribution is 2.10. The molecule has 1 aliphatic rings. The van der Waals surface area contributed by atoms with Gasteiger partial charge in [-0.25, -0.2) is 4.99 Å². The quantitative estimate of drug-likeness (QED) is 0.652. The highest BCUT2D eigenvalue weighted by Gasteiger charge is 2.22. The molecule has 0 saturated carbocycles. The van der Waals surface area contributed by atoms with Crippen LogP contribution < -0.4 is 5.73 Å². The molecular weight excluding hydrogens is 226 g/mol. The lowest BCUT2D eigenvalue weighted by molar-refractivity contribution is 0.0245. The van der Waals surface area contributed by atoms with E-state index < -0.39 is 0 Å². The molecule has 1 aliphatic heterocycles. The SMILES string of the molecule is CCC1COCCN1C(N)=NCc1ccccc1. The van der Waals surface area contributed by atoms with E-state index in [0.29, 0.717) is 18.5 Å². The van der Waals surface area contributed by atoms with Crippen LogP contribution in [0.2, 0.25) is 0 Å². The van der Waals surface area contributed by atoms with Crippen molar-refractivity contribution in [3.05, 3.63) is 35.9 Å². The monoisotopic (exact) mass is 247 g/mol. The van der Waals surface area contributed by atoms with Gasteiger partial charge in [-0.15, -0.1) is 0 Å². The van der Waals surface area contributed by atoms with Crippen LogP contribution in [-0.2, 0) is 11.3 Å². The van der Waals surface area contributed by atoms with Crippen LogP contribution in [0.15, 0.2) is 35.3 Å². The second-order valence-electron chi connectivity index (χ2n) is 4.49. The summed E-state index contributed by atoms with van der Waals surface area (Å²) in [7, 11) is 0. The molecule has 0 amide bonds. The highest BCUT2D eigenvalue weighted by atomic mass is 16.5. The van der Waals surface area contributed by atoms with Gasteiger partial charge in [0, 0.05) is 6.54 Å². The molecule has 2 rings (SSSR count). The number of guanidine groups is 1. The molecule has 1 fully saturated rings. The summed E-state index contributed by atoms with van der Waals surface area (Å²) in [6.07, 6.45) is 1.03. The molecular formula is C14H21N3O. The third-order valence-corrected chi connectivity index (χ3v) is 3.26. The zero-order chi connectivity index (χ0) is 12.8. The molecule has 98 valence electrons. The van der Waals surface area contributed by atoms with Crippen LogP contribution in [0.3, 0.4) is 0 Å². The van der Waals surface area contributed by atoms with Crippen LogP contribution >= 0.6 is 0 Å². The summed E-state index contributed by atoms with van der Waals surface area (Å²) < 4.78 is 5.46. The Morgan fingerprint density at radius 1 is 1.44 bits per heavy atom. The second-order valence-corrected chi connectivity index (χ2v) is 4.49. The Morgan fingerprint density at radius 2 is 2.22 bits per heavy atom. The van der Waals surface area contributed by atoms with Crippen molar-refractivity contribution < 1.29 is 4.74 Å². The number of rotatable bonds is 3. The fourth-order valence-electron chi connectivity index (χ4n) is 2.14. The first-order valence-electron chi connectivity index (χ1n) is 6.49.